The van der Waals surface area contributed by atoms with E-state index in [4.69, 9.17) is 19.0 Å². The molecule has 2 rings (SSSR count). The number of hydrogen-bond acceptors (Lipinski definition) is 4. The number of rotatable bonds is 9. The number of aliphatic imine (C=N–C) groups is 1. The molecule has 1 saturated heterocycles. The summed E-state index contributed by atoms with van der Waals surface area (Å²) in [5.41, 5.74) is 7.63. The molecule has 2 aliphatic heterocycles. The second-order valence-corrected chi connectivity index (χ2v) is 11.1. The van der Waals surface area contributed by atoms with Crippen LogP contribution in [0.2, 0.25) is 0 Å². The highest BCUT2D eigenvalue weighted by Gasteiger charge is 2.52. The first kappa shape index (κ1) is 28.6. The summed E-state index contributed by atoms with van der Waals surface area (Å²) in [4.78, 5) is 4.75. The molecular weight excluding hydrogens is 421 g/mol. The Morgan fingerprint density at radius 3 is 2.21 bits per heavy atom. The minimum absolute atomic E-state index is 0.0408. The van der Waals surface area contributed by atoms with E-state index >= 15 is 0 Å². The summed E-state index contributed by atoms with van der Waals surface area (Å²) in [5.74, 6) is 0.507. The van der Waals surface area contributed by atoms with E-state index in [1.165, 1.54) is 27.9 Å². The van der Waals surface area contributed by atoms with Gasteiger partial charge in [-0.25, -0.2) is 0 Å². The van der Waals surface area contributed by atoms with E-state index in [2.05, 4.69) is 81.9 Å². The van der Waals surface area contributed by atoms with Gasteiger partial charge in [0.05, 0.1) is 23.0 Å². The molecule has 0 amide bonds. The second kappa shape index (κ2) is 11.4. The van der Waals surface area contributed by atoms with Crippen LogP contribution in [0.15, 0.2) is 62.8 Å². The molecule has 0 aliphatic carbocycles. The molecular formula is C29H46BNO3. The summed E-state index contributed by atoms with van der Waals surface area (Å²) < 4.78 is 18.4. The van der Waals surface area contributed by atoms with Crippen LogP contribution in [0.5, 0.6) is 0 Å². The van der Waals surface area contributed by atoms with Crippen molar-refractivity contribution in [3.8, 4) is 0 Å². The Bertz CT molecular complexity index is 911. The summed E-state index contributed by atoms with van der Waals surface area (Å²) in [7, 11) is 1.30. The lowest BCUT2D eigenvalue weighted by atomic mass is 9.75. The van der Waals surface area contributed by atoms with Crippen molar-refractivity contribution >= 4 is 13.3 Å². The first-order valence-corrected chi connectivity index (χ1v) is 12.6. The highest BCUT2D eigenvalue weighted by Crippen LogP contribution is 2.40. The molecule has 188 valence electrons. The molecule has 0 aromatic heterocycles. The SMILES string of the molecule is C=C/C(=C\C(=C(C)C)/C(CC(C)C)=C(\C)C1=C(C(C)OC)N=CCC1)B1OC(C)(C)C(C)(C)O1. The van der Waals surface area contributed by atoms with E-state index in [0.717, 1.165) is 30.4 Å². The molecule has 0 saturated carbocycles. The van der Waals surface area contributed by atoms with Gasteiger partial charge in [0.25, 0.3) is 0 Å². The topological polar surface area (TPSA) is 40.0 Å². The van der Waals surface area contributed by atoms with Gasteiger partial charge in [-0.05, 0) is 108 Å². The molecule has 2 heterocycles. The second-order valence-electron chi connectivity index (χ2n) is 11.1. The normalized spacial score (nSPS) is 21.6. The van der Waals surface area contributed by atoms with Crippen molar-refractivity contribution in [3.05, 3.63) is 57.8 Å². The zero-order valence-electron chi connectivity index (χ0n) is 23.5. The first-order valence-electron chi connectivity index (χ1n) is 12.6. The third-order valence-electron chi connectivity index (χ3n) is 7.26. The molecule has 0 N–H and O–H groups in total. The molecule has 1 atom stereocenters. The molecule has 1 fully saturated rings. The van der Waals surface area contributed by atoms with Crippen molar-refractivity contribution in [3.63, 3.8) is 0 Å². The van der Waals surface area contributed by atoms with Crippen LogP contribution in [0.3, 0.4) is 0 Å². The Morgan fingerprint density at radius 1 is 1.15 bits per heavy atom. The van der Waals surface area contributed by atoms with Crippen molar-refractivity contribution in [2.75, 3.05) is 7.11 Å². The summed E-state index contributed by atoms with van der Waals surface area (Å²) in [6.45, 7) is 25.6. The minimum Gasteiger partial charge on any atom is -0.399 e. The van der Waals surface area contributed by atoms with Crippen LogP contribution in [-0.4, -0.2) is 37.7 Å². The molecule has 0 radical (unpaired) electrons. The molecule has 1 unspecified atom stereocenters. The fraction of sp³-hybridized carbons (Fsp3) is 0.621. The Hall–Kier alpha value is -1.69. The fourth-order valence-corrected chi connectivity index (χ4v) is 4.38. The monoisotopic (exact) mass is 467 g/mol. The highest BCUT2D eigenvalue weighted by molar-refractivity contribution is 6.55. The van der Waals surface area contributed by atoms with Gasteiger partial charge >= 0.3 is 7.12 Å². The Balaban J connectivity index is 2.67. The maximum Gasteiger partial charge on any atom is 0.494 e. The lowest BCUT2D eigenvalue weighted by molar-refractivity contribution is 0.00578. The van der Waals surface area contributed by atoms with Crippen LogP contribution in [0.4, 0.5) is 0 Å². The van der Waals surface area contributed by atoms with Gasteiger partial charge in [-0.3, -0.25) is 4.99 Å². The Morgan fingerprint density at radius 2 is 1.74 bits per heavy atom. The average Bonchev–Trinajstić information content (AvgIpc) is 2.98. The standard InChI is InChI=1S/C29H46BNO3/c1-13-23(30-33-28(8,9)29(10,11)34-30)18-25(20(4)5)26(17-19(2)3)21(6)24-15-14-16-31-27(24)22(7)32-12/h13,16,18-19,22H,1,14-15,17H2,2-12H3/b23-18+,26-21+. The zero-order valence-corrected chi connectivity index (χ0v) is 23.5. The van der Waals surface area contributed by atoms with E-state index in [0.29, 0.717) is 5.92 Å². The van der Waals surface area contributed by atoms with Crippen molar-refractivity contribution < 1.29 is 14.0 Å². The first-order chi connectivity index (χ1) is 15.8. The lowest BCUT2D eigenvalue weighted by Crippen LogP contribution is -2.41. The fourth-order valence-electron chi connectivity index (χ4n) is 4.38. The quantitative estimate of drug-likeness (QED) is 0.259. The van der Waals surface area contributed by atoms with Gasteiger partial charge in [-0.1, -0.05) is 38.2 Å². The van der Waals surface area contributed by atoms with Gasteiger partial charge in [-0.2, -0.15) is 0 Å². The predicted molar refractivity (Wildman–Crippen MR) is 146 cm³/mol. The summed E-state index contributed by atoms with van der Waals surface area (Å²) in [6.07, 6.45) is 8.96. The zero-order chi connectivity index (χ0) is 25.8. The third-order valence-corrected chi connectivity index (χ3v) is 7.26. The molecule has 2 aliphatic rings. The van der Waals surface area contributed by atoms with Crippen LogP contribution < -0.4 is 0 Å². The van der Waals surface area contributed by atoms with Gasteiger partial charge in [0, 0.05) is 13.3 Å². The van der Waals surface area contributed by atoms with Gasteiger partial charge in [0.1, 0.15) is 0 Å². The lowest BCUT2D eigenvalue weighted by Gasteiger charge is -2.32. The van der Waals surface area contributed by atoms with Crippen molar-refractivity contribution in [1.82, 2.24) is 0 Å². The largest absolute Gasteiger partial charge is 0.494 e. The minimum atomic E-state index is -0.444. The number of hydrogen-bond donors (Lipinski definition) is 0. The van der Waals surface area contributed by atoms with Crippen LogP contribution in [0.1, 0.15) is 88.5 Å². The van der Waals surface area contributed by atoms with Gasteiger partial charge in [-0.15, -0.1) is 0 Å². The smallest absolute Gasteiger partial charge is 0.399 e. The molecule has 0 spiro atoms. The van der Waals surface area contributed by atoms with E-state index in [1.54, 1.807) is 7.11 Å². The molecule has 34 heavy (non-hydrogen) atoms. The van der Waals surface area contributed by atoms with Crippen LogP contribution in [0.25, 0.3) is 0 Å². The van der Waals surface area contributed by atoms with Crippen LogP contribution >= 0.6 is 0 Å². The van der Waals surface area contributed by atoms with E-state index in [9.17, 15) is 0 Å². The summed E-state index contributed by atoms with van der Waals surface area (Å²) in [5, 5.41) is 0. The number of ether oxygens (including phenoxy) is 1. The van der Waals surface area contributed by atoms with E-state index in [1.807, 2.05) is 12.3 Å². The summed E-state index contributed by atoms with van der Waals surface area (Å²) in [6, 6.07) is 0. The number of methoxy groups -OCH3 is 1. The Labute approximate surface area is 209 Å². The summed E-state index contributed by atoms with van der Waals surface area (Å²) >= 11 is 0. The molecule has 0 bridgehead atoms. The van der Waals surface area contributed by atoms with Gasteiger partial charge < -0.3 is 14.0 Å². The molecule has 0 aromatic rings. The van der Waals surface area contributed by atoms with E-state index < -0.39 is 18.3 Å². The van der Waals surface area contributed by atoms with Crippen LogP contribution in [0, 0.1) is 5.92 Å². The Kier molecular flexibility index (Phi) is 9.55. The maximum atomic E-state index is 6.35. The van der Waals surface area contributed by atoms with Crippen LogP contribution in [-0.2, 0) is 14.0 Å². The van der Waals surface area contributed by atoms with Crippen molar-refractivity contribution in [2.24, 2.45) is 10.9 Å². The molecule has 5 heteroatoms. The molecule has 0 aromatic carbocycles. The predicted octanol–water partition coefficient (Wildman–Crippen LogP) is 7.58. The van der Waals surface area contributed by atoms with E-state index in [-0.39, 0.29) is 6.10 Å². The van der Waals surface area contributed by atoms with Gasteiger partial charge in [0.15, 0.2) is 0 Å². The highest BCUT2D eigenvalue weighted by atomic mass is 16.7. The number of allylic oxidation sites excluding steroid dienone is 8. The van der Waals surface area contributed by atoms with Crippen molar-refractivity contribution in [1.29, 1.82) is 0 Å². The molecule has 4 nitrogen and oxygen atoms in total. The number of nitrogens with zero attached hydrogens (tertiary/aromatic N) is 1. The maximum absolute atomic E-state index is 6.35. The average molecular weight is 468 g/mol. The van der Waals surface area contributed by atoms with Crippen molar-refractivity contribution in [2.45, 2.75) is 106 Å². The third kappa shape index (κ3) is 6.30. The van der Waals surface area contributed by atoms with Gasteiger partial charge in [0.2, 0.25) is 0 Å².